The summed E-state index contributed by atoms with van der Waals surface area (Å²) in [6.45, 7) is 0.736. The number of benzene rings is 1. The third-order valence-corrected chi connectivity index (χ3v) is 5.84. The molecule has 0 spiro atoms. The molecule has 1 aromatic rings. The minimum Gasteiger partial charge on any atom is -0.373 e. The molecule has 3 rings (SSSR count). The van der Waals surface area contributed by atoms with Crippen LogP contribution in [0.5, 0.6) is 0 Å². The number of guanidine groups is 1. The van der Waals surface area contributed by atoms with E-state index in [2.05, 4.69) is 15.6 Å². The molecule has 2 heterocycles. The van der Waals surface area contributed by atoms with E-state index in [9.17, 15) is 8.42 Å². The first kappa shape index (κ1) is 17.2. The summed E-state index contributed by atoms with van der Waals surface area (Å²) in [6.07, 6.45) is 6.12. The van der Waals surface area contributed by atoms with Crippen molar-refractivity contribution >= 4 is 15.8 Å². The van der Waals surface area contributed by atoms with E-state index in [-0.39, 0.29) is 0 Å². The summed E-state index contributed by atoms with van der Waals surface area (Å²) in [5, 5.41) is 6.76. The molecule has 2 saturated heterocycles. The lowest BCUT2D eigenvalue weighted by Crippen LogP contribution is -2.47. The van der Waals surface area contributed by atoms with Gasteiger partial charge in [0, 0.05) is 19.8 Å². The molecule has 6 nitrogen and oxygen atoms in total. The maximum absolute atomic E-state index is 11.5. The number of hydrogen-bond donors (Lipinski definition) is 2. The summed E-state index contributed by atoms with van der Waals surface area (Å²) < 4.78 is 28.8. The van der Waals surface area contributed by atoms with Crippen molar-refractivity contribution in [2.24, 2.45) is 4.99 Å². The quantitative estimate of drug-likeness (QED) is 0.614. The summed E-state index contributed by atoms with van der Waals surface area (Å²) >= 11 is 0. The number of nitrogens with zero attached hydrogens (tertiary/aromatic N) is 1. The van der Waals surface area contributed by atoms with Crippen LogP contribution in [-0.4, -0.2) is 52.5 Å². The lowest BCUT2D eigenvalue weighted by Gasteiger charge is -2.22. The highest BCUT2D eigenvalue weighted by Gasteiger charge is 2.41. The normalized spacial score (nSPS) is 26.6. The second-order valence-corrected chi connectivity index (χ2v) is 8.54. The van der Waals surface area contributed by atoms with Crippen LogP contribution in [0.3, 0.4) is 0 Å². The van der Waals surface area contributed by atoms with E-state index in [1.807, 2.05) is 12.1 Å². The molecule has 7 heteroatoms. The molecular formula is C17H25N3O3S. The molecule has 2 N–H and O–H groups in total. The predicted octanol–water partition coefficient (Wildman–Crippen LogP) is 1.12. The standard InChI is InChI=1S/C17H25N3O3S/c1-18-17(20-15-11-13-5-8-16(15)23-13)19-10-9-12-3-6-14(7-4-12)24(2,21)22/h3-4,6-7,13,15-16H,5,8-11H2,1-2H3,(H2,18,19,20). The minimum absolute atomic E-state index is 0.317. The van der Waals surface area contributed by atoms with Crippen LogP contribution in [0.25, 0.3) is 0 Å². The maximum Gasteiger partial charge on any atom is 0.191 e. The Kier molecular flexibility index (Phi) is 5.10. The average Bonchev–Trinajstić information content (AvgIpc) is 3.16. The van der Waals surface area contributed by atoms with E-state index in [4.69, 9.17) is 4.74 Å². The third-order valence-electron chi connectivity index (χ3n) is 4.71. The predicted molar refractivity (Wildman–Crippen MR) is 94.1 cm³/mol. The molecule has 2 aliphatic heterocycles. The number of fused-ring (bicyclic) bond motifs is 2. The fourth-order valence-electron chi connectivity index (χ4n) is 3.39. The Labute approximate surface area is 143 Å². The van der Waals surface area contributed by atoms with Gasteiger partial charge in [0.15, 0.2) is 15.8 Å². The van der Waals surface area contributed by atoms with Gasteiger partial charge < -0.3 is 15.4 Å². The van der Waals surface area contributed by atoms with Gasteiger partial charge in [-0.05, 0) is 43.4 Å². The lowest BCUT2D eigenvalue weighted by atomic mass is 9.96. The Morgan fingerprint density at radius 2 is 2.04 bits per heavy atom. The molecule has 0 aliphatic carbocycles. The summed E-state index contributed by atoms with van der Waals surface area (Å²) in [7, 11) is -1.36. The smallest absolute Gasteiger partial charge is 0.191 e. The molecule has 0 radical (unpaired) electrons. The van der Waals surface area contributed by atoms with Gasteiger partial charge >= 0.3 is 0 Å². The van der Waals surface area contributed by atoms with Crippen molar-refractivity contribution in [3.63, 3.8) is 0 Å². The van der Waals surface area contributed by atoms with E-state index in [1.54, 1.807) is 19.2 Å². The van der Waals surface area contributed by atoms with Crippen molar-refractivity contribution in [3.05, 3.63) is 29.8 Å². The van der Waals surface area contributed by atoms with Crippen molar-refractivity contribution in [2.45, 2.75) is 48.8 Å². The Bertz CT molecular complexity index is 700. The third kappa shape index (κ3) is 4.08. The molecule has 0 aromatic heterocycles. The van der Waals surface area contributed by atoms with Gasteiger partial charge in [0.2, 0.25) is 0 Å². The molecule has 1 aromatic carbocycles. The molecule has 2 aliphatic rings. The first-order valence-electron chi connectivity index (χ1n) is 8.37. The van der Waals surface area contributed by atoms with E-state index in [0.717, 1.165) is 37.3 Å². The monoisotopic (exact) mass is 351 g/mol. The highest BCUT2D eigenvalue weighted by atomic mass is 32.2. The highest BCUT2D eigenvalue weighted by Crippen LogP contribution is 2.34. The first-order chi connectivity index (χ1) is 11.5. The molecule has 3 atom stereocenters. The summed E-state index contributed by atoms with van der Waals surface area (Å²) in [5.74, 6) is 0.795. The van der Waals surface area contributed by atoms with Crippen molar-refractivity contribution in [2.75, 3.05) is 19.8 Å². The van der Waals surface area contributed by atoms with Crippen molar-refractivity contribution < 1.29 is 13.2 Å². The summed E-state index contributed by atoms with van der Waals surface area (Å²) in [4.78, 5) is 4.63. The van der Waals surface area contributed by atoms with Crippen LogP contribution in [-0.2, 0) is 21.0 Å². The van der Waals surface area contributed by atoms with E-state index < -0.39 is 9.84 Å². The molecule has 2 bridgehead atoms. The number of nitrogens with one attached hydrogen (secondary N) is 2. The average molecular weight is 351 g/mol. The second kappa shape index (κ2) is 7.11. The second-order valence-electron chi connectivity index (χ2n) is 6.53. The van der Waals surface area contributed by atoms with Gasteiger partial charge in [-0.15, -0.1) is 0 Å². The van der Waals surface area contributed by atoms with E-state index >= 15 is 0 Å². The molecule has 0 amide bonds. The van der Waals surface area contributed by atoms with Crippen molar-refractivity contribution in [1.29, 1.82) is 0 Å². The number of ether oxygens (including phenoxy) is 1. The Balaban J connectivity index is 1.46. The minimum atomic E-state index is -3.13. The first-order valence-corrected chi connectivity index (χ1v) is 10.3. The van der Waals surface area contributed by atoms with Crippen LogP contribution in [0.4, 0.5) is 0 Å². The molecule has 132 valence electrons. The fourth-order valence-corrected chi connectivity index (χ4v) is 4.02. The van der Waals surface area contributed by atoms with Gasteiger partial charge in [-0.2, -0.15) is 0 Å². The van der Waals surface area contributed by atoms with Crippen LogP contribution >= 0.6 is 0 Å². The molecule has 0 saturated carbocycles. The van der Waals surface area contributed by atoms with Gasteiger partial charge in [0.25, 0.3) is 0 Å². The molecule has 2 fully saturated rings. The summed E-state index contributed by atoms with van der Waals surface area (Å²) in [5.41, 5.74) is 1.09. The SMILES string of the molecule is CN=C(NCCc1ccc(S(C)(=O)=O)cc1)NC1CC2CCC1O2. The molecular weight excluding hydrogens is 326 g/mol. The van der Waals surface area contributed by atoms with Gasteiger partial charge in [-0.1, -0.05) is 12.1 Å². The van der Waals surface area contributed by atoms with Gasteiger partial charge in [-0.3, -0.25) is 4.99 Å². The Morgan fingerprint density at radius 1 is 1.29 bits per heavy atom. The van der Waals surface area contributed by atoms with Gasteiger partial charge in [-0.25, -0.2) is 8.42 Å². The number of aliphatic imine (C=N–C) groups is 1. The van der Waals surface area contributed by atoms with Crippen LogP contribution < -0.4 is 10.6 Å². The van der Waals surface area contributed by atoms with E-state index in [1.165, 1.54) is 12.7 Å². The Morgan fingerprint density at radius 3 is 2.58 bits per heavy atom. The number of hydrogen-bond acceptors (Lipinski definition) is 4. The van der Waals surface area contributed by atoms with Gasteiger partial charge in [0.1, 0.15) is 0 Å². The Hall–Kier alpha value is -1.60. The largest absolute Gasteiger partial charge is 0.373 e. The molecule has 3 unspecified atom stereocenters. The number of sulfone groups is 1. The summed E-state index contributed by atoms with van der Waals surface area (Å²) in [6, 6.07) is 7.38. The van der Waals surface area contributed by atoms with Gasteiger partial charge in [0.05, 0.1) is 23.1 Å². The topological polar surface area (TPSA) is 79.8 Å². The van der Waals surface area contributed by atoms with Crippen LogP contribution in [0, 0.1) is 0 Å². The van der Waals surface area contributed by atoms with Crippen LogP contribution in [0.2, 0.25) is 0 Å². The molecule has 24 heavy (non-hydrogen) atoms. The van der Waals surface area contributed by atoms with Crippen LogP contribution in [0.15, 0.2) is 34.2 Å². The fraction of sp³-hybridized carbons (Fsp3) is 0.588. The maximum atomic E-state index is 11.5. The highest BCUT2D eigenvalue weighted by molar-refractivity contribution is 7.90. The number of rotatable bonds is 5. The van der Waals surface area contributed by atoms with Crippen molar-refractivity contribution in [1.82, 2.24) is 10.6 Å². The van der Waals surface area contributed by atoms with E-state index in [0.29, 0.717) is 23.1 Å². The lowest BCUT2D eigenvalue weighted by molar-refractivity contribution is 0.0992. The zero-order valence-electron chi connectivity index (χ0n) is 14.2. The van der Waals surface area contributed by atoms with Crippen molar-refractivity contribution in [3.8, 4) is 0 Å². The zero-order chi connectivity index (χ0) is 17.2. The zero-order valence-corrected chi connectivity index (χ0v) is 15.0. The van der Waals surface area contributed by atoms with Crippen LogP contribution in [0.1, 0.15) is 24.8 Å².